The molecule has 8 nitrogen and oxygen atoms in total. The SMILES string of the molecule is O=C(OC(=O)C(O)CO)c1cc(O)c(O)c(O)c1. The van der Waals surface area contributed by atoms with Crippen LogP contribution in [-0.2, 0) is 9.53 Å². The number of hydrogen-bond donors (Lipinski definition) is 5. The molecule has 0 heterocycles. The van der Waals surface area contributed by atoms with Gasteiger partial charge in [-0.15, -0.1) is 0 Å². The van der Waals surface area contributed by atoms with Gasteiger partial charge in [-0.1, -0.05) is 0 Å². The Hall–Kier alpha value is -2.32. The number of benzene rings is 1. The van der Waals surface area contributed by atoms with Crippen LogP contribution >= 0.6 is 0 Å². The first-order chi connectivity index (χ1) is 8.36. The highest BCUT2D eigenvalue weighted by atomic mass is 16.6. The van der Waals surface area contributed by atoms with Gasteiger partial charge in [-0.3, -0.25) is 0 Å². The van der Waals surface area contributed by atoms with Crippen molar-refractivity contribution in [3.05, 3.63) is 17.7 Å². The fraction of sp³-hybridized carbons (Fsp3) is 0.200. The second-order valence-corrected chi connectivity index (χ2v) is 3.27. The van der Waals surface area contributed by atoms with Gasteiger partial charge >= 0.3 is 11.9 Å². The minimum Gasteiger partial charge on any atom is -0.504 e. The molecule has 1 rings (SSSR count). The van der Waals surface area contributed by atoms with Crippen molar-refractivity contribution < 1.29 is 39.9 Å². The quantitative estimate of drug-likeness (QED) is 0.259. The first-order valence-corrected chi connectivity index (χ1v) is 4.66. The molecule has 0 aromatic heterocycles. The minimum absolute atomic E-state index is 0.415. The van der Waals surface area contributed by atoms with Gasteiger partial charge in [-0.05, 0) is 12.1 Å². The molecule has 5 N–H and O–H groups in total. The lowest BCUT2D eigenvalue weighted by atomic mass is 10.2. The molecule has 0 saturated carbocycles. The van der Waals surface area contributed by atoms with Crippen molar-refractivity contribution in [2.75, 3.05) is 6.61 Å². The van der Waals surface area contributed by atoms with Crippen LogP contribution in [0.2, 0.25) is 0 Å². The maximum absolute atomic E-state index is 11.4. The number of aromatic hydroxyl groups is 3. The molecule has 0 spiro atoms. The maximum atomic E-state index is 11.4. The predicted molar refractivity (Wildman–Crippen MR) is 55.0 cm³/mol. The Balaban J connectivity index is 2.89. The summed E-state index contributed by atoms with van der Waals surface area (Å²) in [6, 6.07) is 1.52. The molecule has 1 atom stereocenters. The van der Waals surface area contributed by atoms with Gasteiger partial charge in [0.25, 0.3) is 0 Å². The smallest absolute Gasteiger partial charge is 0.346 e. The number of aliphatic hydroxyl groups is 2. The van der Waals surface area contributed by atoms with Crippen LogP contribution in [0.1, 0.15) is 10.4 Å². The Morgan fingerprint density at radius 1 is 1.17 bits per heavy atom. The van der Waals surface area contributed by atoms with Crippen LogP contribution in [0.4, 0.5) is 0 Å². The Morgan fingerprint density at radius 2 is 1.67 bits per heavy atom. The Bertz CT molecular complexity index is 458. The molecule has 0 fully saturated rings. The number of esters is 2. The van der Waals surface area contributed by atoms with E-state index in [9.17, 15) is 9.59 Å². The van der Waals surface area contributed by atoms with Gasteiger partial charge in [0.05, 0.1) is 12.2 Å². The van der Waals surface area contributed by atoms with Crippen molar-refractivity contribution in [1.82, 2.24) is 0 Å². The molecule has 1 unspecified atom stereocenters. The molecule has 1 aromatic carbocycles. The summed E-state index contributed by atoms with van der Waals surface area (Å²) in [4.78, 5) is 22.3. The second kappa shape index (κ2) is 5.34. The zero-order valence-electron chi connectivity index (χ0n) is 8.90. The normalized spacial score (nSPS) is 11.9. The third-order valence-corrected chi connectivity index (χ3v) is 1.94. The number of hydrogen-bond acceptors (Lipinski definition) is 8. The Labute approximate surface area is 100 Å². The van der Waals surface area contributed by atoms with Crippen molar-refractivity contribution in [3.8, 4) is 17.2 Å². The first-order valence-electron chi connectivity index (χ1n) is 4.66. The van der Waals surface area contributed by atoms with Gasteiger partial charge in [0, 0.05) is 0 Å². The zero-order chi connectivity index (χ0) is 13.9. The lowest BCUT2D eigenvalue weighted by molar-refractivity contribution is -0.149. The van der Waals surface area contributed by atoms with E-state index >= 15 is 0 Å². The fourth-order valence-corrected chi connectivity index (χ4v) is 1.01. The van der Waals surface area contributed by atoms with E-state index in [0.717, 1.165) is 12.1 Å². The molecule has 0 aliphatic heterocycles. The molecular weight excluding hydrogens is 248 g/mol. The molecule has 98 valence electrons. The van der Waals surface area contributed by atoms with Gasteiger partial charge < -0.3 is 30.3 Å². The highest BCUT2D eigenvalue weighted by molar-refractivity contribution is 5.98. The molecule has 18 heavy (non-hydrogen) atoms. The lowest BCUT2D eigenvalue weighted by Crippen LogP contribution is -2.28. The molecule has 0 radical (unpaired) electrons. The number of phenols is 3. The van der Waals surface area contributed by atoms with Crippen LogP contribution in [0.15, 0.2) is 12.1 Å². The third kappa shape index (κ3) is 2.87. The Morgan fingerprint density at radius 3 is 2.11 bits per heavy atom. The van der Waals surface area contributed by atoms with Crippen LogP contribution in [0.5, 0.6) is 17.2 Å². The van der Waals surface area contributed by atoms with Crippen LogP contribution in [0.3, 0.4) is 0 Å². The van der Waals surface area contributed by atoms with Crippen molar-refractivity contribution in [2.45, 2.75) is 6.10 Å². The summed E-state index contributed by atoms with van der Waals surface area (Å²) in [5, 5.41) is 44.6. The van der Waals surface area contributed by atoms with E-state index in [4.69, 9.17) is 25.5 Å². The number of aliphatic hydroxyl groups excluding tert-OH is 2. The molecule has 1 aromatic rings. The number of rotatable bonds is 3. The van der Waals surface area contributed by atoms with Gasteiger partial charge in [0.2, 0.25) is 0 Å². The average molecular weight is 258 g/mol. The van der Waals surface area contributed by atoms with Gasteiger partial charge in [-0.2, -0.15) is 0 Å². The van der Waals surface area contributed by atoms with Crippen LogP contribution in [0.25, 0.3) is 0 Å². The topological polar surface area (TPSA) is 145 Å². The average Bonchev–Trinajstić information content (AvgIpc) is 2.33. The van der Waals surface area contributed by atoms with Gasteiger partial charge in [-0.25, -0.2) is 9.59 Å². The van der Waals surface area contributed by atoms with Crippen LogP contribution in [-0.4, -0.2) is 50.2 Å². The van der Waals surface area contributed by atoms with Crippen molar-refractivity contribution >= 4 is 11.9 Å². The Kier molecular flexibility index (Phi) is 4.08. The van der Waals surface area contributed by atoms with E-state index in [0.29, 0.717) is 0 Å². The first kappa shape index (κ1) is 13.7. The van der Waals surface area contributed by atoms with E-state index in [2.05, 4.69) is 4.74 Å². The molecule has 0 bridgehead atoms. The van der Waals surface area contributed by atoms with Crippen LogP contribution in [0, 0.1) is 0 Å². The summed E-state index contributed by atoms with van der Waals surface area (Å²) in [6.45, 7) is -0.918. The van der Waals surface area contributed by atoms with Crippen molar-refractivity contribution in [3.63, 3.8) is 0 Å². The van der Waals surface area contributed by atoms with Gasteiger partial charge in [0.1, 0.15) is 0 Å². The summed E-state index contributed by atoms with van der Waals surface area (Å²) >= 11 is 0. The maximum Gasteiger partial charge on any atom is 0.346 e. The largest absolute Gasteiger partial charge is 0.504 e. The number of carbonyl (C=O) groups is 2. The molecule has 8 heteroatoms. The predicted octanol–water partition coefficient (Wildman–Crippen LogP) is -1.16. The zero-order valence-corrected chi connectivity index (χ0v) is 8.90. The summed E-state index contributed by atoms with van der Waals surface area (Å²) in [6.07, 6.45) is -1.87. The second-order valence-electron chi connectivity index (χ2n) is 3.27. The summed E-state index contributed by atoms with van der Waals surface area (Å²) in [5.74, 6) is -5.03. The van der Waals surface area contributed by atoms with Crippen molar-refractivity contribution in [1.29, 1.82) is 0 Å². The fourth-order valence-electron chi connectivity index (χ4n) is 1.01. The van der Waals surface area contributed by atoms with Crippen LogP contribution < -0.4 is 0 Å². The summed E-state index contributed by atoms with van der Waals surface area (Å²) < 4.78 is 4.15. The summed E-state index contributed by atoms with van der Waals surface area (Å²) in [7, 11) is 0. The van der Waals surface area contributed by atoms with Gasteiger partial charge in [0.15, 0.2) is 23.4 Å². The van der Waals surface area contributed by atoms with E-state index in [1.807, 2.05) is 0 Å². The van der Waals surface area contributed by atoms with E-state index in [1.165, 1.54) is 0 Å². The number of ether oxygens (including phenoxy) is 1. The van der Waals surface area contributed by atoms with Crippen molar-refractivity contribution in [2.24, 2.45) is 0 Å². The molecular formula is C10H10O8. The number of phenolic OH excluding ortho intramolecular Hbond substituents is 3. The molecule has 0 aliphatic carbocycles. The third-order valence-electron chi connectivity index (χ3n) is 1.94. The standard InChI is InChI=1S/C10H10O8/c11-3-7(14)10(17)18-9(16)4-1-5(12)8(15)6(13)2-4/h1-2,7,11-15H,3H2. The monoisotopic (exact) mass is 258 g/mol. The molecule has 0 amide bonds. The minimum atomic E-state index is -1.87. The molecule has 0 saturated heterocycles. The van der Waals surface area contributed by atoms with E-state index in [1.54, 1.807) is 0 Å². The highest BCUT2D eigenvalue weighted by Gasteiger charge is 2.22. The summed E-state index contributed by atoms with van der Waals surface area (Å²) in [5.41, 5.74) is -0.415. The number of carbonyl (C=O) groups excluding carboxylic acids is 2. The highest BCUT2D eigenvalue weighted by Crippen LogP contribution is 2.35. The van der Waals surface area contributed by atoms with E-state index in [-0.39, 0.29) is 0 Å². The molecule has 0 aliphatic rings. The lowest BCUT2D eigenvalue weighted by Gasteiger charge is -2.07. The van der Waals surface area contributed by atoms with E-state index < -0.39 is 47.5 Å².